The number of aromatic nitrogens is 3. The molecule has 20 heavy (non-hydrogen) atoms. The van der Waals surface area contributed by atoms with Crippen molar-refractivity contribution in [2.75, 3.05) is 6.54 Å². The number of halogens is 2. The Morgan fingerprint density at radius 2 is 2.25 bits per heavy atom. The molecule has 2 aromatic heterocycles. The van der Waals surface area contributed by atoms with Gasteiger partial charge in [0.25, 0.3) is 0 Å². The van der Waals surface area contributed by atoms with Crippen molar-refractivity contribution in [2.45, 2.75) is 32.9 Å². The third kappa shape index (κ3) is 3.22. The predicted octanol–water partition coefficient (Wildman–Crippen LogP) is 3.80. The van der Waals surface area contributed by atoms with Crippen molar-refractivity contribution in [1.82, 2.24) is 20.1 Å². The molecule has 0 radical (unpaired) electrons. The fraction of sp³-hybridized carbons (Fsp3) is 0.429. The average molecular weight is 358 g/mol. The largest absolute Gasteiger partial charge is 0.304 e. The molecule has 2 rings (SSSR count). The number of aryl methyl sites for hydroxylation is 1. The van der Waals surface area contributed by atoms with Crippen molar-refractivity contribution in [3.8, 4) is 0 Å². The molecule has 0 aromatic carbocycles. The number of hydrogen-bond donors (Lipinski definition) is 1. The highest BCUT2D eigenvalue weighted by molar-refractivity contribution is 9.10. The van der Waals surface area contributed by atoms with E-state index in [4.69, 9.17) is 11.6 Å². The summed E-state index contributed by atoms with van der Waals surface area (Å²) in [5.41, 5.74) is 1.89. The van der Waals surface area contributed by atoms with E-state index >= 15 is 0 Å². The molecule has 0 aliphatic rings. The third-order valence-electron chi connectivity index (χ3n) is 3.07. The van der Waals surface area contributed by atoms with Crippen LogP contribution in [0.25, 0.3) is 0 Å². The molecule has 0 amide bonds. The summed E-state index contributed by atoms with van der Waals surface area (Å²) in [7, 11) is 0. The quantitative estimate of drug-likeness (QED) is 0.855. The second-order valence-electron chi connectivity index (χ2n) is 4.45. The van der Waals surface area contributed by atoms with Gasteiger partial charge in [0.05, 0.1) is 33.1 Å². The highest BCUT2D eigenvalue weighted by atomic mass is 79.9. The molecule has 0 aliphatic heterocycles. The summed E-state index contributed by atoms with van der Waals surface area (Å²) in [6.45, 7) is 5.89. The molecule has 2 aromatic rings. The van der Waals surface area contributed by atoms with Gasteiger partial charge in [0.2, 0.25) is 0 Å². The smallest absolute Gasteiger partial charge is 0.0948 e. The third-order valence-corrected chi connectivity index (χ3v) is 4.00. The molecular weight excluding hydrogens is 340 g/mol. The molecule has 0 saturated heterocycles. The number of nitrogens with one attached hydrogen (secondary N) is 1. The minimum absolute atomic E-state index is 0.0690. The molecule has 0 aliphatic carbocycles. The predicted molar refractivity (Wildman–Crippen MR) is 85.0 cm³/mol. The van der Waals surface area contributed by atoms with Crippen LogP contribution in [-0.4, -0.2) is 21.3 Å². The van der Waals surface area contributed by atoms with E-state index in [1.807, 2.05) is 23.0 Å². The van der Waals surface area contributed by atoms with Crippen molar-refractivity contribution in [3.05, 3.63) is 45.4 Å². The van der Waals surface area contributed by atoms with Crippen LogP contribution in [0.5, 0.6) is 0 Å². The van der Waals surface area contributed by atoms with E-state index in [2.05, 4.69) is 45.2 Å². The molecule has 0 spiro atoms. The van der Waals surface area contributed by atoms with Crippen molar-refractivity contribution < 1.29 is 0 Å². The van der Waals surface area contributed by atoms with Crippen LogP contribution >= 0.6 is 27.5 Å². The van der Waals surface area contributed by atoms with Crippen LogP contribution in [0.4, 0.5) is 0 Å². The van der Waals surface area contributed by atoms with Crippen LogP contribution in [0.15, 0.2) is 29.0 Å². The lowest BCUT2D eigenvalue weighted by Crippen LogP contribution is -2.27. The Kier molecular flexibility index (Phi) is 5.57. The highest BCUT2D eigenvalue weighted by Gasteiger charge is 2.24. The molecule has 6 heteroatoms. The van der Waals surface area contributed by atoms with Gasteiger partial charge in [-0.2, -0.15) is 5.10 Å². The zero-order chi connectivity index (χ0) is 14.5. The normalized spacial score (nSPS) is 12.6. The summed E-state index contributed by atoms with van der Waals surface area (Å²) < 4.78 is 2.93. The first-order chi connectivity index (χ1) is 9.69. The molecule has 2 heterocycles. The Labute approximate surface area is 132 Å². The lowest BCUT2D eigenvalue weighted by atomic mass is 10.1. The van der Waals surface area contributed by atoms with Crippen molar-refractivity contribution in [1.29, 1.82) is 0 Å². The van der Waals surface area contributed by atoms with Crippen LogP contribution in [0, 0.1) is 0 Å². The molecule has 1 atom stereocenters. The Morgan fingerprint density at radius 3 is 2.90 bits per heavy atom. The Bertz CT molecular complexity index is 570. The Morgan fingerprint density at radius 1 is 1.45 bits per heavy atom. The second kappa shape index (κ2) is 7.20. The van der Waals surface area contributed by atoms with Crippen molar-refractivity contribution in [3.63, 3.8) is 0 Å². The van der Waals surface area contributed by atoms with Crippen LogP contribution < -0.4 is 5.32 Å². The fourth-order valence-corrected chi connectivity index (χ4v) is 2.89. The van der Waals surface area contributed by atoms with Crippen molar-refractivity contribution >= 4 is 27.5 Å². The maximum absolute atomic E-state index is 6.32. The number of hydrogen-bond acceptors (Lipinski definition) is 3. The van der Waals surface area contributed by atoms with E-state index in [-0.39, 0.29) is 6.04 Å². The molecule has 0 fully saturated rings. The average Bonchev–Trinajstić information content (AvgIpc) is 2.82. The topological polar surface area (TPSA) is 42.7 Å². The maximum atomic E-state index is 6.32. The van der Waals surface area contributed by atoms with Gasteiger partial charge in [-0.05, 0) is 48.0 Å². The number of rotatable bonds is 6. The van der Waals surface area contributed by atoms with Gasteiger partial charge in [-0.3, -0.25) is 9.67 Å². The first-order valence-corrected chi connectivity index (χ1v) is 7.91. The zero-order valence-corrected chi connectivity index (χ0v) is 13.9. The van der Waals surface area contributed by atoms with E-state index < -0.39 is 0 Å². The summed E-state index contributed by atoms with van der Waals surface area (Å²) in [5.74, 6) is 0. The summed E-state index contributed by atoms with van der Waals surface area (Å²) in [5, 5.41) is 8.55. The van der Waals surface area contributed by atoms with Gasteiger partial charge in [0, 0.05) is 12.7 Å². The zero-order valence-electron chi connectivity index (χ0n) is 11.6. The standard InChI is InChI=1S/C14H18BrClN4/c1-3-7-17-13(12-11(16)6-5-8-18-12)14-10(15)9-19-20(14)4-2/h5-6,8-9,13,17H,3-4,7H2,1-2H3. The van der Waals surface area contributed by atoms with Crippen LogP contribution in [0.2, 0.25) is 5.02 Å². The number of nitrogens with zero attached hydrogens (tertiary/aromatic N) is 3. The van der Waals surface area contributed by atoms with Crippen LogP contribution in [0.1, 0.15) is 37.7 Å². The van der Waals surface area contributed by atoms with Crippen LogP contribution in [-0.2, 0) is 6.54 Å². The second-order valence-corrected chi connectivity index (χ2v) is 5.71. The molecule has 4 nitrogen and oxygen atoms in total. The first kappa shape index (κ1) is 15.5. The molecule has 108 valence electrons. The first-order valence-electron chi connectivity index (χ1n) is 6.74. The van der Waals surface area contributed by atoms with Gasteiger partial charge >= 0.3 is 0 Å². The van der Waals surface area contributed by atoms with Gasteiger partial charge in [-0.1, -0.05) is 18.5 Å². The summed E-state index contributed by atoms with van der Waals surface area (Å²) in [4.78, 5) is 4.45. The highest BCUT2D eigenvalue weighted by Crippen LogP contribution is 2.31. The van der Waals surface area contributed by atoms with Gasteiger partial charge in [0.15, 0.2) is 0 Å². The molecule has 1 unspecified atom stereocenters. The van der Waals surface area contributed by atoms with Gasteiger partial charge in [-0.15, -0.1) is 0 Å². The Balaban J connectivity index is 2.47. The monoisotopic (exact) mass is 356 g/mol. The van der Waals surface area contributed by atoms with Gasteiger partial charge in [0.1, 0.15) is 0 Å². The van der Waals surface area contributed by atoms with Gasteiger partial charge < -0.3 is 5.32 Å². The minimum Gasteiger partial charge on any atom is -0.304 e. The molecule has 0 bridgehead atoms. The van der Waals surface area contributed by atoms with E-state index in [0.29, 0.717) is 5.02 Å². The van der Waals surface area contributed by atoms with E-state index in [9.17, 15) is 0 Å². The molecular formula is C14H18BrClN4. The minimum atomic E-state index is -0.0690. The Hall–Kier alpha value is -0.910. The van der Waals surface area contributed by atoms with Crippen molar-refractivity contribution in [2.24, 2.45) is 0 Å². The van der Waals surface area contributed by atoms with E-state index in [0.717, 1.165) is 35.4 Å². The lowest BCUT2D eigenvalue weighted by Gasteiger charge is -2.20. The summed E-state index contributed by atoms with van der Waals surface area (Å²) in [6, 6.07) is 3.64. The number of pyridine rings is 1. The lowest BCUT2D eigenvalue weighted by molar-refractivity contribution is 0.520. The maximum Gasteiger partial charge on any atom is 0.0948 e. The molecule has 1 N–H and O–H groups in total. The fourth-order valence-electron chi connectivity index (χ4n) is 2.13. The summed E-state index contributed by atoms with van der Waals surface area (Å²) >= 11 is 9.89. The van der Waals surface area contributed by atoms with E-state index in [1.165, 1.54) is 0 Å². The van der Waals surface area contributed by atoms with Gasteiger partial charge in [-0.25, -0.2) is 0 Å². The summed E-state index contributed by atoms with van der Waals surface area (Å²) in [6.07, 6.45) is 4.62. The van der Waals surface area contributed by atoms with E-state index in [1.54, 1.807) is 6.20 Å². The van der Waals surface area contributed by atoms with Crippen LogP contribution in [0.3, 0.4) is 0 Å². The molecule has 0 saturated carbocycles. The SMILES string of the molecule is CCCNC(c1ncccc1Cl)c1c(Br)cnn1CC.